The van der Waals surface area contributed by atoms with E-state index in [1.165, 1.54) is 23.5 Å². The highest BCUT2D eigenvalue weighted by Gasteiger charge is 2.09. The largest absolute Gasteiger partial charge is 0.397 e. The number of nitrogen functional groups attached to an aromatic ring is 1. The SMILES string of the molecule is Nc1csc2nccc(-c3ccc(F)cc3)c12. The molecule has 0 aliphatic heterocycles. The van der Waals surface area contributed by atoms with Gasteiger partial charge in [-0.1, -0.05) is 12.1 Å². The molecule has 0 saturated heterocycles. The number of halogens is 1. The molecule has 84 valence electrons. The van der Waals surface area contributed by atoms with Crippen LogP contribution in [-0.4, -0.2) is 4.98 Å². The van der Waals surface area contributed by atoms with E-state index in [2.05, 4.69) is 4.98 Å². The van der Waals surface area contributed by atoms with Crippen LogP contribution in [0.5, 0.6) is 0 Å². The first kappa shape index (κ1) is 10.2. The monoisotopic (exact) mass is 244 g/mol. The minimum atomic E-state index is -0.239. The van der Waals surface area contributed by atoms with Gasteiger partial charge in [0.15, 0.2) is 0 Å². The average Bonchev–Trinajstić information content (AvgIpc) is 2.73. The van der Waals surface area contributed by atoms with Crippen LogP contribution in [0.2, 0.25) is 0 Å². The van der Waals surface area contributed by atoms with Crippen molar-refractivity contribution in [2.24, 2.45) is 0 Å². The Hall–Kier alpha value is -1.94. The molecule has 2 N–H and O–H groups in total. The van der Waals surface area contributed by atoms with Crippen molar-refractivity contribution in [1.82, 2.24) is 4.98 Å². The Bertz CT molecular complexity index is 673. The number of thiophene rings is 1. The molecule has 0 atom stereocenters. The zero-order valence-corrected chi connectivity index (χ0v) is 9.67. The second-order valence-corrected chi connectivity index (χ2v) is 4.59. The summed E-state index contributed by atoms with van der Waals surface area (Å²) < 4.78 is 12.9. The summed E-state index contributed by atoms with van der Waals surface area (Å²) in [6.07, 6.45) is 1.75. The van der Waals surface area contributed by atoms with Crippen molar-refractivity contribution in [2.75, 3.05) is 5.73 Å². The summed E-state index contributed by atoms with van der Waals surface area (Å²) in [6.45, 7) is 0. The molecule has 4 heteroatoms. The number of hydrogen-bond donors (Lipinski definition) is 1. The Balaban J connectivity index is 2.29. The van der Waals surface area contributed by atoms with Crippen LogP contribution in [-0.2, 0) is 0 Å². The lowest BCUT2D eigenvalue weighted by molar-refractivity contribution is 0.628. The van der Waals surface area contributed by atoms with Crippen LogP contribution in [0, 0.1) is 5.82 Å². The lowest BCUT2D eigenvalue weighted by atomic mass is 10.0. The van der Waals surface area contributed by atoms with E-state index >= 15 is 0 Å². The molecule has 17 heavy (non-hydrogen) atoms. The summed E-state index contributed by atoms with van der Waals surface area (Å²) in [5.41, 5.74) is 8.60. The van der Waals surface area contributed by atoms with Crippen molar-refractivity contribution < 1.29 is 4.39 Å². The first-order chi connectivity index (χ1) is 8.25. The molecule has 1 aromatic carbocycles. The molecule has 3 aromatic rings. The van der Waals surface area contributed by atoms with Crippen LogP contribution in [0.4, 0.5) is 10.1 Å². The zero-order valence-electron chi connectivity index (χ0n) is 8.85. The molecule has 3 rings (SSSR count). The van der Waals surface area contributed by atoms with E-state index in [1.54, 1.807) is 18.3 Å². The number of benzene rings is 1. The van der Waals surface area contributed by atoms with E-state index in [9.17, 15) is 4.39 Å². The standard InChI is InChI=1S/C13H9FN2S/c14-9-3-1-8(2-4-9)10-5-6-16-13-12(10)11(15)7-17-13/h1-7H,15H2. The van der Waals surface area contributed by atoms with Gasteiger partial charge in [0.2, 0.25) is 0 Å². The zero-order chi connectivity index (χ0) is 11.8. The fourth-order valence-electron chi connectivity index (χ4n) is 1.86. The third-order valence-corrected chi connectivity index (χ3v) is 3.56. The summed E-state index contributed by atoms with van der Waals surface area (Å²) in [4.78, 5) is 5.18. The van der Waals surface area contributed by atoms with Gasteiger partial charge in [-0.3, -0.25) is 0 Å². The van der Waals surface area contributed by atoms with Crippen molar-refractivity contribution in [1.29, 1.82) is 0 Å². The lowest BCUT2D eigenvalue weighted by Crippen LogP contribution is -1.86. The highest BCUT2D eigenvalue weighted by molar-refractivity contribution is 7.17. The maximum Gasteiger partial charge on any atom is 0.125 e. The van der Waals surface area contributed by atoms with E-state index in [0.29, 0.717) is 0 Å². The first-order valence-electron chi connectivity index (χ1n) is 5.13. The molecular formula is C13H9FN2S. The number of fused-ring (bicyclic) bond motifs is 1. The number of anilines is 1. The molecule has 0 fully saturated rings. The van der Waals surface area contributed by atoms with Crippen molar-refractivity contribution in [3.05, 3.63) is 47.7 Å². The Labute approximate surface area is 102 Å². The summed E-state index contributed by atoms with van der Waals surface area (Å²) in [5, 5.41) is 2.83. The van der Waals surface area contributed by atoms with Crippen LogP contribution < -0.4 is 5.73 Å². The number of pyridine rings is 1. The van der Waals surface area contributed by atoms with E-state index in [1.807, 2.05) is 11.4 Å². The third-order valence-electron chi connectivity index (χ3n) is 2.66. The van der Waals surface area contributed by atoms with Gasteiger partial charge in [0, 0.05) is 17.0 Å². The Morgan fingerprint density at radius 3 is 2.65 bits per heavy atom. The van der Waals surface area contributed by atoms with Gasteiger partial charge in [-0.05, 0) is 29.3 Å². The van der Waals surface area contributed by atoms with Gasteiger partial charge in [-0.2, -0.15) is 0 Å². The molecule has 2 nitrogen and oxygen atoms in total. The molecule has 0 radical (unpaired) electrons. The predicted molar refractivity (Wildman–Crippen MR) is 69.4 cm³/mol. The first-order valence-corrected chi connectivity index (χ1v) is 6.01. The predicted octanol–water partition coefficient (Wildman–Crippen LogP) is 3.68. The van der Waals surface area contributed by atoms with Crippen LogP contribution in [0.1, 0.15) is 0 Å². The summed E-state index contributed by atoms with van der Waals surface area (Å²) in [5.74, 6) is -0.239. The smallest absolute Gasteiger partial charge is 0.125 e. The highest BCUT2D eigenvalue weighted by Crippen LogP contribution is 2.35. The summed E-state index contributed by atoms with van der Waals surface area (Å²) in [6, 6.07) is 8.30. The summed E-state index contributed by atoms with van der Waals surface area (Å²) in [7, 11) is 0. The van der Waals surface area contributed by atoms with Crippen LogP contribution in [0.25, 0.3) is 21.3 Å². The second-order valence-electron chi connectivity index (χ2n) is 3.74. The molecule has 0 amide bonds. The van der Waals surface area contributed by atoms with E-state index in [4.69, 9.17) is 5.73 Å². The Morgan fingerprint density at radius 1 is 1.12 bits per heavy atom. The van der Waals surface area contributed by atoms with Gasteiger partial charge in [0.1, 0.15) is 10.6 Å². The number of nitrogens with two attached hydrogens (primary N) is 1. The Morgan fingerprint density at radius 2 is 1.88 bits per heavy atom. The number of aromatic nitrogens is 1. The Kier molecular flexibility index (Phi) is 2.30. The number of hydrogen-bond acceptors (Lipinski definition) is 3. The molecule has 2 heterocycles. The quantitative estimate of drug-likeness (QED) is 0.709. The molecule has 0 spiro atoms. The summed E-state index contributed by atoms with van der Waals surface area (Å²) >= 11 is 1.52. The van der Waals surface area contributed by atoms with E-state index in [-0.39, 0.29) is 5.82 Å². The lowest BCUT2D eigenvalue weighted by Gasteiger charge is -2.04. The maximum atomic E-state index is 12.9. The van der Waals surface area contributed by atoms with Gasteiger partial charge in [-0.15, -0.1) is 11.3 Å². The molecule has 0 bridgehead atoms. The number of nitrogens with zero attached hydrogens (tertiary/aromatic N) is 1. The molecule has 0 aliphatic rings. The fourth-order valence-corrected chi connectivity index (χ4v) is 2.68. The van der Waals surface area contributed by atoms with E-state index < -0.39 is 0 Å². The topological polar surface area (TPSA) is 38.9 Å². The third kappa shape index (κ3) is 1.66. The van der Waals surface area contributed by atoms with Crippen molar-refractivity contribution in [3.63, 3.8) is 0 Å². The molecule has 2 aromatic heterocycles. The van der Waals surface area contributed by atoms with Crippen LogP contribution >= 0.6 is 11.3 Å². The molecule has 0 aliphatic carbocycles. The van der Waals surface area contributed by atoms with Gasteiger partial charge < -0.3 is 5.73 Å². The van der Waals surface area contributed by atoms with Gasteiger partial charge in [0.25, 0.3) is 0 Å². The van der Waals surface area contributed by atoms with Crippen LogP contribution in [0.3, 0.4) is 0 Å². The van der Waals surface area contributed by atoms with Gasteiger partial charge in [0.05, 0.1) is 5.69 Å². The van der Waals surface area contributed by atoms with Gasteiger partial charge in [-0.25, -0.2) is 9.37 Å². The highest BCUT2D eigenvalue weighted by atomic mass is 32.1. The van der Waals surface area contributed by atoms with Crippen molar-refractivity contribution in [2.45, 2.75) is 0 Å². The minimum absolute atomic E-state index is 0.239. The second kappa shape index (κ2) is 3.82. The molecule has 0 saturated carbocycles. The average molecular weight is 244 g/mol. The number of rotatable bonds is 1. The van der Waals surface area contributed by atoms with Crippen LogP contribution in [0.15, 0.2) is 41.9 Å². The normalized spacial score (nSPS) is 10.9. The van der Waals surface area contributed by atoms with Gasteiger partial charge >= 0.3 is 0 Å². The van der Waals surface area contributed by atoms with E-state index in [0.717, 1.165) is 27.0 Å². The maximum absolute atomic E-state index is 12.9. The fraction of sp³-hybridized carbons (Fsp3) is 0. The van der Waals surface area contributed by atoms with Crippen molar-refractivity contribution in [3.8, 4) is 11.1 Å². The minimum Gasteiger partial charge on any atom is -0.397 e. The molecule has 0 unspecified atom stereocenters. The van der Waals surface area contributed by atoms with Crippen molar-refractivity contribution >= 4 is 27.2 Å². The molecular weight excluding hydrogens is 235 g/mol.